The molecule has 0 spiro atoms. The van der Waals surface area contributed by atoms with Crippen molar-refractivity contribution in [2.45, 2.75) is 12.6 Å². The normalized spacial score (nSPS) is 17.0. The number of benzene rings is 2. The van der Waals surface area contributed by atoms with Crippen LogP contribution in [0.2, 0.25) is 0 Å². The van der Waals surface area contributed by atoms with Crippen molar-refractivity contribution in [3.05, 3.63) is 65.7 Å². The molecule has 0 unspecified atom stereocenters. The number of nitrogens with two attached hydrogens (primary N) is 1. The van der Waals surface area contributed by atoms with Crippen LogP contribution in [0.4, 0.5) is 5.69 Å². The smallest absolute Gasteiger partial charge is 0.250 e. The van der Waals surface area contributed by atoms with Crippen LogP contribution in [0.5, 0.6) is 0 Å². The lowest BCUT2D eigenvalue weighted by molar-refractivity contribution is -0.154. The zero-order valence-electron chi connectivity index (χ0n) is 14.1. The van der Waals surface area contributed by atoms with E-state index in [-0.39, 0.29) is 24.7 Å². The molecule has 7 nitrogen and oxygen atoms in total. The third-order valence-electron chi connectivity index (χ3n) is 4.15. The fraction of sp³-hybridized carbons (Fsp3) is 0.211. The van der Waals surface area contributed by atoms with Gasteiger partial charge in [0.2, 0.25) is 11.8 Å². The molecule has 0 bridgehead atoms. The van der Waals surface area contributed by atoms with E-state index in [4.69, 9.17) is 10.5 Å². The van der Waals surface area contributed by atoms with Crippen LogP contribution < -0.4 is 11.1 Å². The Kier molecular flexibility index (Phi) is 5.28. The molecule has 1 heterocycles. The third-order valence-corrected chi connectivity index (χ3v) is 4.15. The minimum Gasteiger partial charge on any atom is -0.369 e. The lowest BCUT2D eigenvalue weighted by atomic mass is 10.1. The largest absolute Gasteiger partial charge is 0.369 e. The molecule has 3 N–H and O–H groups in total. The molecular weight excluding hydrogens is 334 g/mol. The van der Waals surface area contributed by atoms with Gasteiger partial charge in [-0.2, -0.15) is 0 Å². The van der Waals surface area contributed by atoms with E-state index >= 15 is 0 Å². The first-order valence-corrected chi connectivity index (χ1v) is 8.17. The van der Waals surface area contributed by atoms with Crippen molar-refractivity contribution in [2.75, 3.05) is 18.5 Å². The summed E-state index contributed by atoms with van der Waals surface area (Å²) in [4.78, 5) is 38.0. The summed E-state index contributed by atoms with van der Waals surface area (Å²) in [7, 11) is 0. The van der Waals surface area contributed by atoms with Crippen molar-refractivity contribution < 1.29 is 19.1 Å². The van der Waals surface area contributed by atoms with E-state index in [1.807, 2.05) is 30.3 Å². The van der Waals surface area contributed by atoms with Crippen molar-refractivity contribution in [1.29, 1.82) is 0 Å². The van der Waals surface area contributed by atoms with Gasteiger partial charge in [0.1, 0.15) is 12.6 Å². The topological polar surface area (TPSA) is 102 Å². The highest BCUT2D eigenvalue weighted by Crippen LogP contribution is 2.18. The first-order chi connectivity index (χ1) is 12.6. The summed E-state index contributed by atoms with van der Waals surface area (Å²) < 4.78 is 5.26. The Bertz CT molecular complexity index is 823. The van der Waals surface area contributed by atoms with Gasteiger partial charge in [-0.1, -0.05) is 42.5 Å². The molecule has 2 aromatic rings. The summed E-state index contributed by atoms with van der Waals surface area (Å²) in [5.41, 5.74) is 6.77. The van der Waals surface area contributed by atoms with E-state index in [1.165, 1.54) is 11.0 Å². The number of rotatable bonds is 5. The number of para-hydroxylation sites is 1. The molecule has 7 heteroatoms. The number of primary amides is 1. The second kappa shape index (κ2) is 7.79. The average Bonchev–Trinajstić information content (AvgIpc) is 2.64. The number of ether oxygens (including phenoxy) is 1. The van der Waals surface area contributed by atoms with Gasteiger partial charge in [0, 0.05) is 6.54 Å². The molecule has 0 aliphatic carbocycles. The Morgan fingerprint density at radius 1 is 1.12 bits per heavy atom. The van der Waals surface area contributed by atoms with Gasteiger partial charge >= 0.3 is 0 Å². The van der Waals surface area contributed by atoms with Crippen LogP contribution in [0.1, 0.15) is 15.9 Å². The lowest BCUT2D eigenvalue weighted by Gasteiger charge is -2.34. The van der Waals surface area contributed by atoms with Gasteiger partial charge in [0.15, 0.2) is 0 Å². The molecule has 3 amide bonds. The average molecular weight is 353 g/mol. The summed E-state index contributed by atoms with van der Waals surface area (Å²) in [5, 5.41) is 2.68. The molecule has 2 aromatic carbocycles. The van der Waals surface area contributed by atoms with Crippen molar-refractivity contribution >= 4 is 23.4 Å². The first-order valence-electron chi connectivity index (χ1n) is 8.17. The molecule has 1 saturated heterocycles. The summed E-state index contributed by atoms with van der Waals surface area (Å²) in [6.07, 6.45) is 0. The molecule has 0 saturated carbocycles. The van der Waals surface area contributed by atoms with E-state index in [0.717, 1.165) is 5.56 Å². The molecule has 26 heavy (non-hydrogen) atoms. The van der Waals surface area contributed by atoms with E-state index in [9.17, 15) is 14.4 Å². The van der Waals surface area contributed by atoms with Gasteiger partial charge in [-0.05, 0) is 17.7 Å². The van der Waals surface area contributed by atoms with Crippen LogP contribution in [0, 0.1) is 0 Å². The van der Waals surface area contributed by atoms with E-state index in [0.29, 0.717) is 12.2 Å². The zero-order valence-corrected chi connectivity index (χ0v) is 14.1. The summed E-state index contributed by atoms with van der Waals surface area (Å²) in [6, 6.07) is 15.1. The van der Waals surface area contributed by atoms with Crippen LogP contribution in [0.25, 0.3) is 0 Å². The maximum Gasteiger partial charge on any atom is 0.250 e. The molecule has 0 radical (unpaired) electrons. The van der Waals surface area contributed by atoms with E-state index < -0.39 is 17.9 Å². The van der Waals surface area contributed by atoms with Crippen molar-refractivity contribution in [3.63, 3.8) is 0 Å². The highest BCUT2D eigenvalue weighted by atomic mass is 16.5. The molecule has 1 atom stereocenters. The van der Waals surface area contributed by atoms with Gasteiger partial charge < -0.3 is 20.7 Å². The van der Waals surface area contributed by atoms with Gasteiger partial charge in [-0.15, -0.1) is 0 Å². The van der Waals surface area contributed by atoms with Crippen molar-refractivity contribution in [3.8, 4) is 0 Å². The van der Waals surface area contributed by atoms with Gasteiger partial charge in [0.25, 0.3) is 5.91 Å². The molecule has 134 valence electrons. The molecule has 1 fully saturated rings. The Labute approximate surface area is 150 Å². The molecule has 3 rings (SSSR count). The Balaban J connectivity index is 1.80. The minimum absolute atomic E-state index is 0.0610. The molecule has 1 aliphatic heterocycles. The molecule has 1 aliphatic rings. The van der Waals surface area contributed by atoms with E-state index in [2.05, 4.69) is 5.32 Å². The van der Waals surface area contributed by atoms with Crippen LogP contribution >= 0.6 is 0 Å². The second-order valence-corrected chi connectivity index (χ2v) is 5.94. The van der Waals surface area contributed by atoms with E-state index in [1.54, 1.807) is 18.2 Å². The van der Waals surface area contributed by atoms with Gasteiger partial charge in [-0.3, -0.25) is 14.4 Å². The number of morpholine rings is 1. The van der Waals surface area contributed by atoms with Crippen LogP contribution in [0.15, 0.2) is 54.6 Å². The quantitative estimate of drug-likeness (QED) is 0.842. The number of hydrogen-bond donors (Lipinski definition) is 2. The lowest BCUT2D eigenvalue weighted by Crippen LogP contribution is -2.54. The monoisotopic (exact) mass is 353 g/mol. The SMILES string of the molecule is NC(=O)c1ccccc1NC(=O)[C@@H]1COCC(=O)N1Cc1ccccc1. The summed E-state index contributed by atoms with van der Waals surface area (Å²) in [5.74, 6) is -1.33. The summed E-state index contributed by atoms with van der Waals surface area (Å²) in [6.45, 7) is 0.330. The predicted molar refractivity (Wildman–Crippen MR) is 95.2 cm³/mol. The Morgan fingerprint density at radius 3 is 2.54 bits per heavy atom. The summed E-state index contributed by atoms with van der Waals surface area (Å²) >= 11 is 0. The Morgan fingerprint density at radius 2 is 1.81 bits per heavy atom. The number of carbonyl (C=O) groups is 3. The first kappa shape index (κ1) is 17.6. The van der Waals surface area contributed by atoms with Crippen LogP contribution in [-0.4, -0.2) is 41.9 Å². The Hall–Kier alpha value is -3.19. The van der Waals surface area contributed by atoms with Crippen LogP contribution in [0.3, 0.4) is 0 Å². The maximum absolute atomic E-state index is 12.8. The standard InChI is InChI=1S/C19H19N3O4/c20-18(24)14-8-4-5-9-15(14)21-19(25)16-11-26-12-17(23)22(16)10-13-6-2-1-3-7-13/h1-9,16H,10-12H2,(H2,20,24)(H,21,25)/t16-/m0/s1. The zero-order chi connectivity index (χ0) is 18.5. The number of nitrogens with zero attached hydrogens (tertiary/aromatic N) is 1. The minimum atomic E-state index is -0.794. The highest BCUT2D eigenvalue weighted by molar-refractivity contribution is 6.05. The highest BCUT2D eigenvalue weighted by Gasteiger charge is 2.34. The number of hydrogen-bond acceptors (Lipinski definition) is 4. The van der Waals surface area contributed by atoms with Gasteiger partial charge in [-0.25, -0.2) is 0 Å². The number of anilines is 1. The predicted octanol–water partition coefficient (Wildman–Crippen LogP) is 1.15. The fourth-order valence-electron chi connectivity index (χ4n) is 2.82. The molecular formula is C19H19N3O4. The van der Waals surface area contributed by atoms with Gasteiger partial charge in [0.05, 0.1) is 17.9 Å². The van der Waals surface area contributed by atoms with Crippen molar-refractivity contribution in [2.24, 2.45) is 5.73 Å². The van der Waals surface area contributed by atoms with Crippen molar-refractivity contribution in [1.82, 2.24) is 4.90 Å². The maximum atomic E-state index is 12.8. The number of nitrogens with one attached hydrogen (secondary N) is 1. The molecule has 0 aromatic heterocycles. The third kappa shape index (κ3) is 3.89. The second-order valence-electron chi connectivity index (χ2n) is 5.94. The number of carbonyl (C=O) groups excluding carboxylic acids is 3. The number of amides is 3. The van der Waals surface area contributed by atoms with Crippen LogP contribution in [-0.2, 0) is 20.9 Å². The fourth-order valence-corrected chi connectivity index (χ4v) is 2.82.